The summed E-state index contributed by atoms with van der Waals surface area (Å²) in [5, 5.41) is 11.3. The van der Waals surface area contributed by atoms with Crippen molar-refractivity contribution in [1.82, 2.24) is 9.97 Å². The van der Waals surface area contributed by atoms with Gasteiger partial charge in [-0.2, -0.15) is 0 Å². The number of thiazole rings is 1. The molecular weight excluding hydrogens is 776 g/mol. The van der Waals surface area contributed by atoms with Crippen molar-refractivity contribution in [3.63, 3.8) is 0 Å². The van der Waals surface area contributed by atoms with Crippen molar-refractivity contribution in [2.75, 3.05) is 0 Å². The zero-order chi connectivity index (χ0) is 33.0. The van der Waals surface area contributed by atoms with Crippen LogP contribution in [-0.4, -0.2) is 15.1 Å². The van der Waals surface area contributed by atoms with Gasteiger partial charge in [0.15, 0.2) is 0 Å². The number of hydrogen-bond acceptors (Lipinski definition) is 4. The molecule has 0 amide bonds. The Labute approximate surface area is 298 Å². The Morgan fingerprint density at radius 2 is 1.21 bits per heavy atom. The summed E-state index contributed by atoms with van der Waals surface area (Å²) in [6.07, 6.45) is 1.92. The van der Waals surface area contributed by atoms with Gasteiger partial charge in [-0.1, -0.05) is 122 Å². The summed E-state index contributed by atoms with van der Waals surface area (Å²) in [6.45, 7) is 20.4. The third kappa shape index (κ3) is 7.30. The summed E-state index contributed by atoms with van der Waals surface area (Å²) in [5.74, 6) is 0.236. The molecule has 2 heterocycles. The normalized spacial score (nSPS) is 12.3. The summed E-state index contributed by atoms with van der Waals surface area (Å²) in [7, 11) is 0. The molecule has 47 heavy (non-hydrogen) atoms. The van der Waals surface area contributed by atoms with Crippen LogP contribution in [0.5, 0.6) is 5.75 Å². The summed E-state index contributed by atoms with van der Waals surface area (Å²) in [6, 6.07) is 33.2. The fourth-order valence-electron chi connectivity index (χ4n) is 5.64. The molecular formula is C42H43N2OPtS-. The SMILES string of the molecule is CC(C)(C)c1cc(-c2cc(-c3cc(C(C)(C)C)cc(C(C)(C)C)c3)ccn2)[c-]c(-c2cccc3sc(-c4ccccc4O)nc23)c1.[Pt]. The van der Waals surface area contributed by atoms with E-state index in [1.54, 1.807) is 17.4 Å². The Kier molecular flexibility index (Phi) is 9.45. The van der Waals surface area contributed by atoms with Crippen LogP contribution in [0.1, 0.15) is 79.0 Å². The van der Waals surface area contributed by atoms with Crippen LogP contribution in [0.4, 0.5) is 0 Å². The van der Waals surface area contributed by atoms with E-state index in [1.807, 2.05) is 24.4 Å². The van der Waals surface area contributed by atoms with Crippen molar-refractivity contribution in [3.8, 4) is 49.8 Å². The van der Waals surface area contributed by atoms with Crippen molar-refractivity contribution in [2.24, 2.45) is 0 Å². The first-order valence-corrected chi connectivity index (χ1v) is 16.8. The molecule has 6 rings (SSSR count). The fraction of sp³-hybridized carbons (Fsp3) is 0.286. The van der Waals surface area contributed by atoms with Crippen LogP contribution in [0.3, 0.4) is 0 Å². The van der Waals surface area contributed by atoms with E-state index in [0.29, 0.717) is 0 Å². The van der Waals surface area contributed by atoms with E-state index in [4.69, 9.17) is 9.97 Å². The van der Waals surface area contributed by atoms with Gasteiger partial charge in [0, 0.05) is 37.7 Å². The van der Waals surface area contributed by atoms with Crippen molar-refractivity contribution in [1.29, 1.82) is 0 Å². The maximum Gasteiger partial charge on any atom is 0.127 e. The average molecular weight is 819 g/mol. The van der Waals surface area contributed by atoms with E-state index in [2.05, 4.69) is 129 Å². The van der Waals surface area contributed by atoms with Gasteiger partial charge in [-0.05, 0) is 62.8 Å². The minimum absolute atomic E-state index is 0. The van der Waals surface area contributed by atoms with E-state index < -0.39 is 0 Å². The van der Waals surface area contributed by atoms with Gasteiger partial charge >= 0.3 is 0 Å². The van der Waals surface area contributed by atoms with Crippen LogP contribution in [0.2, 0.25) is 0 Å². The molecule has 4 aromatic carbocycles. The standard InChI is InChI=1S/C42H43N2OS.Pt/c1-40(2,3)30-22-28(33-14-12-16-37-38(33)44-39(46-37)34-13-10-11-15-36(34)45)19-29(23-30)35-24-26(17-18-43-35)27-20-31(41(4,5)6)25-32(21-27)42(7,8)9;/h10-18,20-25,45H,1-9H3;/q-1;. The number of rotatable bonds is 4. The summed E-state index contributed by atoms with van der Waals surface area (Å²) < 4.78 is 1.07. The molecule has 0 aliphatic heterocycles. The maximum atomic E-state index is 10.5. The molecule has 244 valence electrons. The Bertz CT molecular complexity index is 2040. The second-order valence-corrected chi connectivity index (χ2v) is 16.4. The number of aromatic nitrogens is 2. The molecule has 0 saturated carbocycles. The first-order valence-electron chi connectivity index (χ1n) is 16.0. The third-order valence-corrected chi connectivity index (χ3v) is 9.67. The number of aromatic hydroxyl groups is 1. The minimum Gasteiger partial charge on any atom is -0.507 e. The molecule has 0 aliphatic rings. The first-order chi connectivity index (χ1) is 21.6. The van der Waals surface area contributed by atoms with E-state index >= 15 is 0 Å². The Balaban J connectivity index is 0.00000433. The molecule has 6 aromatic rings. The van der Waals surface area contributed by atoms with Crippen LogP contribution in [0, 0.1) is 6.07 Å². The number of pyridine rings is 1. The number of hydrogen-bond donors (Lipinski definition) is 1. The fourth-order valence-corrected chi connectivity index (χ4v) is 6.67. The molecule has 0 unspecified atom stereocenters. The van der Waals surface area contributed by atoms with Gasteiger partial charge in [-0.25, -0.2) is 4.98 Å². The molecule has 0 bridgehead atoms. The maximum absolute atomic E-state index is 10.5. The first kappa shape index (κ1) is 34.7. The van der Waals surface area contributed by atoms with Gasteiger partial charge in [0.2, 0.25) is 0 Å². The van der Waals surface area contributed by atoms with Gasteiger partial charge in [0.1, 0.15) is 10.8 Å². The molecule has 0 spiro atoms. The van der Waals surface area contributed by atoms with Gasteiger partial charge in [0.05, 0.1) is 11.1 Å². The molecule has 0 saturated heterocycles. The smallest absolute Gasteiger partial charge is 0.127 e. The Hall–Kier alpha value is -3.59. The molecule has 5 heteroatoms. The van der Waals surface area contributed by atoms with E-state index in [1.165, 1.54) is 22.3 Å². The molecule has 1 N–H and O–H groups in total. The molecule has 0 radical (unpaired) electrons. The molecule has 2 aromatic heterocycles. The molecule has 0 fully saturated rings. The predicted molar refractivity (Wildman–Crippen MR) is 196 cm³/mol. The second kappa shape index (κ2) is 12.8. The topological polar surface area (TPSA) is 46.0 Å². The number of phenolic OH excluding ortho intramolecular Hbond substituents is 1. The van der Waals surface area contributed by atoms with Crippen LogP contribution in [0.25, 0.3) is 54.3 Å². The molecule has 0 atom stereocenters. The van der Waals surface area contributed by atoms with Gasteiger partial charge in [-0.15, -0.1) is 40.7 Å². The van der Waals surface area contributed by atoms with E-state index in [9.17, 15) is 5.11 Å². The summed E-state index contributed by atoms with van der Waals surface area (Å²) in [5.41, 5.74) is 11.7. The zero-order valence-corrected chi connectivity index (χ0v) is 31.8. The average Bonchev–Trinajstić information content (AvgIpc) is 3.44. The van der Waals surface area contributed by atoms with Crippen molar-refractivity contribution >= 4 is 21.6 Å². The van der Waals surface area contributed by atoms with Crippen molar-refractivity contribution in [2.45, 2.75) is 78.6 Å². The van der Waals surface area contributed by atoms with Crippen LogP contribution < -0.4 is 0 Å². The predicted octanol–water partition coefficient (Wildman–Crippen LogP) is 11.8. The molecule has 0 aliphatic carbocycles. The van der Waals surface area contributed by atoms with Gasteiger partial charge in [0.25, 0.3) is 0 Å². The van der Waals surface area contributed by atoms with E-state index in [0.717, 1.165) is 48.7 Å². The van der Waals surface area contributed by atoms with Crippen LogP contribution >= 0.6 is 11.3 Å². The summed E-state index contributed by atoms with van der Waals surface area (Å²) in [4.78, 5) is 9.93. The van der Waals surface area contributed by atoms with Crippen LogP contribution in [0.15, 0.2) is 91.1 Å². The molecule has 3 nitrogen and oxygen atoms in total. The van der Waals surface area contributed by atoms with Crippen LogP contribution in [-0.2, 0) is 37.3 Å². The zero-order valence-electron chi connectivity index (χ0n) is 28.7. The number of phenols is 1. The number of benzene rings is 4. The van der Waals surface area contributed by atoms with E-state index in [-0.39, 0.29) is 43.1 Å². The number of fused-ring (bicyclic) bond motifs is 1. The monoisotopic (exact) mass is 818 g/mol. The Morgan fingerprint density at radius 3 is 1.85 bits per heavy atom. The minimum atomic E-state index is -0.0875. The van der Waals surface area contributed by atoms with Crippen molar-refractivity contribution in [3.05, 3.63) is 114 Å². The summed E-state index contributed by atoms with van der Waals surface area (Å²) >= 11 is 1.59. The van der Waals surface area contributed by atoms with Crippen molar-refractivity contribution < 1.29 is 26.2 Å². The number of nitrogens with zero attached hydrogens (tertiary/aromatic N) is 2. The van der Waals surface area contributed by atoms with Gasteiger partial charge < -0.3 is 5.11 Å². The van der Waals surface area contributed by atoms with Gasteiger partial charge in [-0.3, -0.25) is 4.98 Å². The Morgan fingerprint density at radius 1 is 0.617 bits per heavy atom. The second-order valence-electron chi connectivity index (χ2n) is 15.4. The quantitative estimate of drug-likeness (QED) is 0.180. The third-order valence-electron chi connectivity index (χ3n) is 8.61. The number of para-hydroxylation sites is 2. The largest absolute Gasteiger partial charge is 0.507 e.